The van der Waals surface area contributed by atoms with Crippen LogP contribution in [0.1, 0.15) is 0 Å². The van der Waals surface area contributed by atoms with Crippen molar-refractivity contribution in [2.24, 2.45) is 0 Å². The summed E-state index contributed by atoms with van der Waals surface area (Å²) in [7, 11) is -6.34. The normalized spacial score (nSPS) is 15.9. The summed E-state index contributed by atoms with van der Waals surface area (Å²) in [6.45, 7) is -1.00. The number of carbonyl (C=O) groups is 1. The van der Waals surface area contributed by atoms with E-state index < -0.39 is 34.1 Å². The third-order valence-electron chi connectivity index (χ3n) is 1.14. The van der Waals surface area contributed by atoms with Crippen molar-refractivity contribution in [1.82, 2.24) is 0 Å². The van der Waals surface area contributed by atoms with Gasteiger partial charge in [0.15, 0.2) is 0 Å². The highest BCUT2D eigenvalue weighted by Crippen LogP contribution is 2.37. The highest BCUT2D eigenvalue weighted by molar-refractivity contribution is 7.86. The smallest absolute Gasteiger partial charge is 0.432 e. The molecule has 0 saturated heterocycles. The average molecular weight is 258 g/mol. The van der Waals surface area contributed by atoms with Crippen LogP contribution in [-0.4, -0.2) is 37.0 Å². The molecule has 90 valence electrons. The van der Waals surface area contributed by atoms with Crippen LogP contribution in [0.15, 0.2) is 0 Å². The number of hydrogen-bond donors (Lipinski definition) is 1. The summed E-state index contributed by atoms with van der Waals surface area (Å²) in [6.07, 6.45) is -10.1. The molecule has 5 nitrogen and oxygen atoms in total. The topological polar surface area (TPSA) is 80.7 Å². The molecule has 1 N–H and O–H groups in total. The molecule has 0 fully saturated rings. The van der Waals surface area contributed by atoms with E-state index in [9.17, 15) is 35.2 Å². The van der Waals surface area contributed by atoms with Gasteiger partial charge in [0.2, 0.25) is 0 Å². The first-order valence-electron chi connectivity index (χ1n) is 2.95. The van der Waals surface area contributed by atoms with E-state index in [2.05, 4.69) is 4.74 Å². The molecule has 0 amide bonds. The van der Waals surface area contributed by atoms with Crippen LogP contribution in [0.2, 0.25) is 0 Å². The second-order valence-corrected chi connectivity index (χ2v) is 3.69. The van der Waals surface area contributed by atoms with Gasteiger partial charge >= 0.3 is 21.5 Å². The SMILES string of the molecule is O=COC(C(F)(F)F)C(F)(F)S(=O)(=O)O. The van der Waals surface area contributed by atoms with Gasteiger partial charge < -0.3 is 4.74 Å². The van der Waals surface area contributed by atoms with E-state index in [-0.39, 0.29) is 0 Å². The Labute approximate surface area is 79.6 Å². The molecule has 0 aromatic rings. The third kappa shape index (κ3) is 2.99. The predicted octanol–water partition coefficient (Wildman–Crippen LogP) is 0.571. The van der Waals surface area contributed by atoms with Gasteiger partial charge in [0.05, 0.1) is 0 Å². The minimum Gasteiger partial charge on any atom is -0.447 e. The summed E-state index contributed by atoms with van der Waals surface area (Å²) in [6, 6.07) is 0. The summed E-state index contributed by atoms with van der Waals surface area (Å²) >= 11 is 0. The maximum atomic E-state index is 12.4. The molecule has 0 aliphatic heterocycles. The van der Waals surface area contributed by atoms with Crippen LogP contribution in [0.25, 0.3) is 0 Å². The predicted molar refractivity (Wildman–Crippen MR) is 33.5 cm³/mol. The van der Waals surface area contributed by atoms with Crippen molar-refractivity contribution in [1.29, 1.82) is 0 Å². The molecule has 0 bridgehead atoms. The fraction of sp³-hybridized carbons (Fsp3) is 0.750. The molecule has 1 atom stereocenters. The molecule has 11 heteroatoms. The lowest BCUT2D eigenvalue weighted by molar-refractivity contribution is -0.253. The molecule has 0 aliphatic carbocycles. The first-order chi connectivity index (χ1) is 6.44. The van der Waals surface area contributed by atoms with Crippen LogP contribution < -0.4 is 0 Å². The molecule has 0 heterocycles. The van der Waals surface area contributed by atoms with Gasteiger partial charge in [-0.25, -0.2) is 0 Å². The summed E-state index contributed by atoms with van der Waals surface area (Å²) < 4.78 is 90.8. The van der Waals surface area contributed by atoms with E-state index in [4.69, 9.17) is 4.55 Å². The fourth-order valence-corrected chi connectivity index (χ4v) is 0.997. The maximum Gasteiger partial charge on any atom is 0.432 e. The molecule has 15 heavy (non-hydrogen) atoms. The fourth-order valence-electron chi connectivity index (χ4n) is 0.538. The Morgan fingerprint density at radius 2 is 1.60 bits per heavy atom. The van der Waals surface area contributed by atoms with Gasteiger partial charge in [-0.15, -0.1) is 0 Å². The zero-order valence-corrected chi connectivity index (χ0v) is 7.35. The summed E-state index contributed by atoms with van der Waals surface area (Å²) in [4.78, 5) is 9.50. The second-order valence-electron chi connectivity index (χ2n) is 2.19. The summed E-state index contributed by atoms with van der Waals surface area (Å²) in [5.74, 6) is 0. The zero-order chi connectivity index (χ0) is 12.5. The third-order valence-corrected chi connectivity index (χ3v) is 2.04. The number of carbonyl (C=O) groups excluding carboxylic acids is 1. The first kappa shape index (κ1) is 14.0. The molecule has 0 radical (unpaired) electrons. The average Bonchev–Trinajstić information content (AvgIpc) is 1.95. The van der Waals surface area contributed by atoms with Crippen LogP contribution in [0.5, 0.6) is 0 Å². The van der Waals surface area contributed by atoms with Crippen LogP contribution in [0.4, 0.5) is 22.0 Å². The van der Waals surface area contributed by atoms with Gasteiger partial charge in [-0.2, -0.15) is 30.4 Å². The van der Waals surface area contributed by atoms with Crippen molar-refractivity contribution in [3.8, 4) is 0 Å². The Balaban J connectivity index is 5.36. The van der Waals surface area contributed by atoms with Crippen molar-refractivity contribution >= 4 is 16.6 Å². The van der Waals surface area contributed by atoms with Gasteiger partial charge in [-0.05, 0) is 0 Å². The minimum atomic E-state index is -6.34. The van der Waals surface area contributed by atoms with Gasteiger partial charge in [0, 0.05) is 0 Å². The number of halogens is 5. The molecule has 0 saturated carbocycles. The highest BCUT2D eigenvalue weighted by Gasteiger charge is 2.65. The lowest BCUT2D eigenvalue weighted by atomic mass is 10.3. The number of hydrogen-bond acceptors (Lipinski definition) is 4. The molecule has 0 aliphatic rings. The van der Waals surface area contributed by atoms with E-state index in [1.807, 2.05) is 0 Å². The van der Waals surface area contributed by atoms with Crippen LogP contribution in [0, 0.1) is 0 Å². The molecule has 0 aromatic carbocycles. The Morgan fingerprint density at radius 1 is 1.20 bits per heavy atom. The molecular weight excluding hydrogens is 255 g/mol. The van der Waals surface area contributed by atoms with E-state index in [0.717, 1.165) is 0 Å². The van der Waals surface area contributed by atoms with E-state index in [1.54, 1.807) is 0 Å². The van der Waals surface area contributed by atoms with Gasteiger partial charge in [-0.1, -0.05) is 0 Å². The highest BCUT2D eigenvalue weighted by atomic mass is 32.2. The van der Waals surface area contributed by atoms with Crippen molar-refractivity contribution in [3.63, 3.8) is 0 Å². The zero-order valence-electron chi connectivity index (χ0n) is 6.53. The lowest BCUT2D eigenvalue weighted by Gasteiger charge is -2.24. The number of alkyl halides is 5. The Kier molecular flexibility index (Phi) is 3.63. The van der Waals surface area contributed by atoms with Crippen molar-refractivity contribution in [2.75, 3.05) is 0 Å². The first-order valence-corrected chi connectivity index (χ1v) is 4.39. The van der Waals surface area contributed by atoms with Crippen LogP contribution >= 0.6 is 0 Å². The van der Waals surface area contributed by atoms with Gasteiger partial charge in [0.25, 0.3) is 12.6 Å². The molecular formula is C4H3F5O5S. The largest absolute Gasteiger partial charge is 0.447 e. The molecule has 0 rings (SSSR count). The minimum absolute atomic E-state index is 1.00. The molecule has 0 spiro atoms. The maximum absolute atomic E-state index is 12.4. The Bertz CT molecular complexity index is 332. The Hall–Kier alpha value is -0.970. The van der Waals surface area contributed by atoms with Crippen LogP contribution in [0.3, 0.4) is 0 Å². The summed E-state index contributed by atoms with van der Waals surface area (Å²) in [5, 5.41) is -5.66. The molecule has 0 aromatic heterocycles. The van der Waals surface area contributed by atoms with E-state index in [0.29, 0.717) is 0 Å². The lowest BCUT2D eigenvalue weighted by Crippen LogP contribution is -2.51. The van der Waals surface area contributed by atoms with Crippen molar-refractivity contribution < 1.29 is 44.5 Å². The van der Waals surface area contributed by atoms with Crippen LogP contribution in [-0.2, 0) is 19.6 Å². The Morgan fingerprint density at radius 3 is 1.80 bits per heavy atom. The van der Waals surface area contributed by atoms with Gasteiger partial charge in [0.1, 0.15) is 0 Å². The standard InChI is InChI=1S/C4H3F5O5S/c5-3(6,7)2(14-1-10)4(8,9)15(11,12)13/h1-2H,(H,11,12,13). The van der Waals surface area contributed by atoms with Crippen molar-refractivity contribution in [3.05, 3.63) is 0 Å². The second kappa shape index (κ2) is 3.89. The van der Waals surface area contributed by atoms with E-state index >= 15 is 0 Å². The monoisotopic (exact) mass is 258 g/mol. The summed E-state index contributed by atoms with van der Waals surface area (Å²) in [5.41, 5.74) is 0. The number of ether oxygens (including phenoxy) is 1. The quantitative estimate of drug-likeness (QED) is 0.453. The van der Waals surface area contributed by atoms with E-state index in [1.165, 1.54) is 0 Å². The van der Waals surface area contributed by atoms with Gasteiger partial charge in [-0.3, -0.25) is 9.35 Å². The van der Waals surface area contributed by atoms with Crippen molar-refractivity contribution in [2.45, 2.75) is 17.5 Å². The molecule has 1 unspecified atom stereocenters. The number of rotatable bonds is 4.